The average molecular weight is 277 g/mol. The van der Waals surface area contributed by atoms with Crippen LogP contribution in [0.25, 0.3) is 0 Å². The van der Waals surface area contributed by atoms with Gasteiger partial charge in [-0.3, -0.25) is 4.79 Å². The summed E-state index contributed by atoms with van der Waals surface area (Å²) in [6, 6.07) is 0. The highest BCUT2D eigenvalue weighted by atomic mass is 16.4. The Morgan fingerprint density at radius 1 is 1.35 bits per heavy atom. The first-order valence-electron chi connectivity index (χ1n) is 7.19. The number of carbonyl (C=O) groups excluding carboxylic acids is 1. The van der Waals surface area contributed by atoms with Gasteiger partial charge in [0.2, 0.25) is 5.91 Å². The normalized spacial score (nSPS) is 27.7. The molecule has 0 spiro atoms. The summed E-state index contributed by atoms with van der Waals surface area (Å²) in [4.78, 5) is 26.5. The third kappa shape index (κ3) is 2.55. The van der Waals surface area contributed by atoms with E-state index in [9.17, 15) is 9.59 Å². The van der Waals surface area contributed by atoms with Crippen LogP contribution < -0.4 is 5.32 Å². The van der Waals surface area contributed by atoms with E-state index in [1.54, 1.807) is 4.57 Å². The molecule has 6 heteroatoms. The molecule has 0 radical (unpaired) electrons. The molecular formula is C14H19N3O3. The summed E-state index contributed by atoms with van der Waals surface area (Å²) in [5.41, 5.74) is 0.0320. The number of carbonyl (C=O) groups is 2. The Morgan fingerprint density at radius 2 is 2.05 bits per heavy atom. The molecule has 2 aliphatic carbocycles. The van der Waals surface area contributed by atoms with Gasteiger partial charge in [0, 0.05) is 25.2 Å². The summed E-state index contributed by atoms with van der Waals surface area (Å²) in [6.45, 7) is 1.07. The fourth-order valence-electron chi connectivity index (χ4n) is 3.40. The van der Waals surface area contributed by atoms with Gasteiger partial charge in [0.15, 0.2) is 5.69 Å². The van der Waals surface area contributed by atoms with E-state index >= 15 is 0 Å². The fraction of sp³-hybridized carbons (Fsp3) is 0.643. The number of nitrogens with zero attached hydrogens (tertiary/aromatic N) is 2. The maximum absolute atomic E-state index is 12.0. The van der Waals surface area contributed by atoms with Gasteiger partial charge in [-0.25, -0.2) is 9.78 Å². The van der Waals surface area contributed by atoms with Gasteiger partial charge in [-0.15, -0.1) is 0 Å². The predicted octanol–water partition coefficient (Wildman–Crippen LogP) is 1.13. The summed E-state index contributed by atoms with van der Waals surface area (Å²) in [5, 5.41) is 11.7. The number of hydrogen-bond acceptors (Lipinski definition) is 3. The van der Waals surface area contributed by atoms with Crippen molar-refractivity contribution in [3.63, 3.8) is 0 Å². The first-order valence-corrected chi connectivity index (χ1v) is 7.19. The van der Waals surface area contributed by atoms with Crippen molar-refractivity contribution in [3.8, 4) is 0 Å². The van der Waals surface area contributed by atoms with Crippen LogP contribution in [0.4, 0.5) is 0 Å². The number of amides is 1. The Labute approximate surface area is 117 Å². The summed E-state index contributed by atoms with van der Waals surface area (Å²) in [5.74, 6) is 0.608. The molecule has 2 fully saturated rings. The lowest BCUT2D eigenvalue weighted by atomic mass is 10.0. The first-order chi connectivity index (χ1) is 9.66. The summed E-state index contributed by atoms with van der Waals surface area (Å²) in [7, 11) is 0. The fourth-order valence-corrected chi connectivity index (χ4v) is 3.40. The van der Waals surface area contributed by atoms with Crippen molar-refractivity contribution in [1.29, 1.82) is 0 Å². The second kappa shape index (κ2) is 5.26. The van der Waals surface area contributed by atoms with E-state index in [1.165, 1.54) is 38.2 Å². The highest BCUT2D eigenvalue weighted by Gasteiger charge is 2.54. The molecule has 20 heavy (non-hydrogen) atoms. The van der Waals surface area contributed by atoms with Crippen molar-refractivity contribution < 1.29 is 14.7 Å². The van der Waals surface area contributed by atoms with E-state index in [1.807, 2.05) is 0 Å². The molecular weight excluding hydrogens is 258 g/mol. The van der Waals surface area contributed by atoms with Gasteiger partial charge in [0.1, 0.15) is 0 Å². The average Bonchev–Trinajstić information content (AvgIpc) is 2.97. The number of imidazole rings is 1. The van der Waals surface area contributed by atoms with Crippen molar-refractivity contribution in [3.05, 3.63) is 18.2 Å². The molecule has 0 saturated heterocycles. The molecule has 1 heterocycles. The van der Waals surface area contributed by atoms with E-state index in [0.29, 0.717) is 24.9 Å². The van der Waals surface area contributed by atoms with Gasteiger partial charge in [0.25, 0.3) is 0 Å². The highest BCUT2D eigenvalue weighted by molar-refractivity contribution is 5.85. The molecule has 0 bridgehead atoms. The van der Waals surface area contributed by atoms with Crippen LogP contribution in [0.3, 0.4) is 0 Å². The molecule has 6 nitrogen and oxygen atoms in total. The van der Waals surface area contributed by atoms with E-state index in [0.717, 1.165) is 0 Å². The lowest BCUT2D eigenvalue weighted by Gasteiger charge is -2.05. The summed E-state index contributed by atoms with van der Waals surface area (Å²) < 4.78 is 1.68. The number of aromatic nitrogens is 2. The van der Waals surface area contributed by atoms with Gasteiger partial charge in [-0.05, 0) is 24.7 Å². The predicted molar refractivity (Wildman–Crippen MR) is 71.1 cm³/mol. The Balaban J connectivity index is 1.43. The van der Waals surface area contributed by atoms with Crippen molar-refractivity contribution in [1.82, 2.24) is 14.9 Å². The quantitative estimate of drug-likeness (QED) is 0.845. The van der Waals surface area contributed by atoms with Crippen LogP contribution in [-0.2, 0) is 11.3 Å². The molecule has 0 aliphatic heterocycles. The van der Waals surface area contributed by atoms with Crippen molar-refractivity contribution in [2.24, 2.45) is 17.8 Å². The number of carboxylic acids is 1. The zero-order chi connectivity index (χ0) is 14.1. The number of rotatable bonds is 5. The Bertz CT molecular complexity index is 513. The molecule has 2 unspecified atom stereocenters. The molecule has 2 saturated carbocycles. The number of hydrogen-bond donors (Lipinski definition) is 2. The monoisotopic (exact) mass is 277 g/mol. The van der Waals surface area contributed by atoms with Crippen molar-refractivity contribution >= 4 is 11.9 Å². The third-order valence-electron chi connectivity index (χ3n) is 4.48. The first kappa shape index (κ1) is 13.1. The lowest BCUT2D eigenvalue weighted by molar-refractivity contribution is -0.122. The number of carboxylic acid groups (broad SMARTS) is 1. The minimum absolute atomic E-state index is 0.0320. The molecule has 2 atom stereocenters. The van der Waals surface area contributed by atoms with Crippen LogP contribution in [0.2, 0.25) is 0 Å². The lowest BCUT2D eigenvalue weighted by Crippen LogP contribution is -2.29. The maximum Gasteiger partial charge on any atom is 0.356 e. The summed E-state index contributed by atoms with van der Waals surface area (Å²) in [6.07, 6.45) is 7.88. The minimum atomic E-state index is -1.03. The van der Waals surface area contributed by atoms with Gasteiger partial charge in [-0.1, -0.05) is 12.8 Å². The SMILES string of the molecule is O=C(O)c1cn(CCNC(=O)C2C3CCCCC32)cn1. The van der Waals surface area contributed by atoms with Crippen molar-refractivity contribution in [2.45, 2.75) is 32.2 Å². The summed E-state index contributed by atoms with van der Waals surface area (Å²) >= 11 is 0. The van der Waals surface area contributed by atoms with Crippen LogP contribution in [0, 0.1) is 17.8 Å². The Hall–Kier alpha value is -1.85. The van der Waals surface area contributed by atoms with E-state index in [4.69, 9.17) is 5.11 Å². The van der Waals surface area contributed by atoms with E-state index in [-0.39, 0.29) is 17.5 Å². The van der Waals surface area contributed by atoms with Crippen LogP contribution in [-0.4, -0.2) is 33.1 Å². The number of nitrogens with one attached hydrogen (secondary N) is 1. The highest BCUT2D eigenvalue weighted by Crippen LogP contribution is 2.55. The largest absolute Gasteiger partial charge is 0.476 e. The molecule has 108 valence electrons. The van der Waals surface area contributed by atoms with Crippen LogP contribution in [0.15, 0.2) is 12.5 Å². The van der Waals surface area contributed by atoms with Crippen LogP contribution in [0.1, 0.15) is 36.2 Å². The second-order valence-electron chi connectivity index (χ2n) is 5.73. The third-order valence-corrected chi connectivity index (χ3v) is 4.48. The standard InChI is InChI=1S/C14H19N3O3/c18-13(12-9-3-1-2-4-10(9)12)15-5-6-17-7-11(14(19)20)16-8-17/h7-10,12H,1-6H2,(H,15,18)(H,19,20). The minimum Gasteiger partial charge on any atom is -0.476 e. The van der Waals surface area contributed by atoms with Gasteiger partial charge >= 0.3 is 5.97 Å². The molecule has 1 aromatic heterocycles. The Morgan fingerprint density at radius 3 is 2.65 bits per heavy atom. The zero-order valence-corrected chi connectivity index (χ0v) is 11.3. The maximum atomic E-state index is 12.0. The number of fused-ring (bicyclic) bond motifs is 1. The van der Waals surface area contributed by atoms with Crippen LogP contribution in [0.5, 0.6) is 0 Å². The van der Waals surface area contributed by atoms with Gasteiger partial charge < -0.3 is 15.0 Å². The number of aromatic carboxylic acids is 1. The molecule has 2 aliphatic rings. The van der Waals surface area contributed by atoms with E-state index in [2.05, 4.69) is 10.3 Å². The topological polar surface area (TPSA) is 84.2 Å². The molecule has 0 aromatic carbocycles. The molecule has 1 aromatic rings. The second-order valence-corrected chi connectivity index (χ2v) is 5.73. The molecule has 1 amide bonds. The smallest absolute Gasteiger partial charge is 0.356 e. The van der Waals surface area contributed by atoms with Gasteiger partial charge in [0.05, 0.1) is 6.33 Å². The van der Waals surface area contributed by atoms with Crippen LogP contribution >= 0.6 is 0 Å². The zero-order valence-electron chi connectivity index (χ0n) is 11.3. The van der Waals surface area contributed by atoms with Crippen molar-refractivity contribution in [2.75, 3.05) is 6.54 Å². The van der Waals surface area contributed by atoms with E-state index < -0.39 is 5.97 Å². The molecule has 3 rings (SSSR count). The molecule has 2 N–H and O–H groups in total. The van der Waals surface area contributed by atoms with Gasteiger partial charge in [-0.2, -0.15) is 0 Å². The Kier molecular flexibility index (Phi) is 3.46.